The smallest absolute Gasteiger partial charge is 0.135 e. The first-order valence-corrected chi connectivity index (χ1v) is 14.9. The van der Waals surface area contributed by atoms with Crippen molar-refractivity contribution in [1.82, 2.24) is 0 Å². The van der Waals surface area contributed by atoms with Gasteiger partial charge in [-0.25, -0.2) is 0 Å². The van der Waals surface area contributed by atoms with E-state index in [9.17, 15) is 0 Å². The molecule has 0 aliphatic carbocycles. The van der Waals surface area contributed by atoms with Gasteiger partial charge in [0.25, 0.3) is 0 Å². The summed E-state index contributed by atoms with van der Waals surface area (Å²) < 4.78 is 2.80. The van der Waals surface area contributed by atoms with Crippen LogP contribution >= 0.6 is 11.3 Å². The topological polar surface area (TPSA) is 0 Å². The number of fused-ring (bicyclic) bond motifs is 3. The average molecular weight is 471 g/mol. The zero-order valence-electron chi connectivity index (χ0n) is 19.2. The van der Waals surface area contributed by atoms with E-state index in [1.807, 2.05) is 11.3 Å². The lowest BCUT2D eigenvalue weighted by Crippen LogP contribution is -2.69. The molecule has 1 aromatic heterocycles. The molecule has 0 radical (unpaired) electrons. The Hall–Kier alpha value is -3.46. The largest absolute Gasteiger partial charge is 0.152 e. The van der Waals surface area contributed by atoms with Crippen LogP contribution in [0.1, 0.15) is 11.1 Å². The third-order valence-electron chi connectivity index (χ3n) is 6.99. The van der Waals surface area contributed by atoms with Crippen LogP contribution in [-0.2, 0) is 6.04 Å². The summed E-state index contributed by atoms with van der Waals surface area (Å²) in [6.45, 7) is 2.21. The number of rotatable bonds is 5. The number of hydrogen-bond donors (Lipinski definition) is 0. The molecule has 34 heavy (non-hydrogen) atoms. The highest BCUT2D eigenvalue weighted by atomic mass is 32.1. The predicted octanol–water partition coefficient (Wildman–Crippen LogP) is 6.62. The molecule has 0 spiro atoms. The molecule has 0 bridgehead atoms. The second-order valence-corrected chi connectivity index (χ2v) is 14.0. The molecule has 0 aliphatic heterocycles. The van der Waals surface area contributed by atoms with Crippen molar-refractivity contribution >= 4 is 55.1 Å². The van der Waals surface area contributed by atoms with Gasteiger partial charge in [0.1, 0.15) is 0 Å². The van der Waals surface area contributed by atoms with Crippen LogP contribution in [0.5, 0.6) is 0 Å². The van der Waals surface area contributed by atoms with Gasteiger partial charge in [0.05, 0.1) is 0 Å². The molecule has 5 aromatic carbocycles. The van der Waals surface area contributed by atoms with Crippen molar-refractivity contribution in [2.75, 3.05) is 0 Å². The van der Waals surface area contributed by atoms with Crippen LogP contribution in [-0.4, -0.2) is 8.07 Å². The normalized spacial score (nSPS) is 11.8. The van der Waals surface area contributed by atoms with Gasteiger partial charge in [-0.3, -0.25) is 0 Å². The van der Waals surface area contributed by atoms with E-state index < -0.39 is 8.07 Å². The van der Waals surface area contributed by atoms with E-state index in [1.54, 1.807) is 0 Å². The fraction of sp³-hybridized carbons (Fsp3) is 0.0625. The quantitative estimate of drug-likeness (QED) is 0.196. The van der Waals surface area contributed by atoms with Crippen LogP contribution in [0.3, 0.4) is 0 Å². The van der Waals surface area contributed by atoms with Crippen molar-refractivity contribution in [3.63, 3.8) is 0 Å². The van der Waals surface area contributed by atoms with E-state index in [1.165, 1.54) is 46.9 Å². The van der Waals surface area contributed by atoms with Crippen LogP contribution in [0.25, 0.3) is 20.2 Å². The number of aryl methyl sites for hydroxylation is 1. The van der Waals surface area contributed by atoms with Gasteiger partial charge in [0.15, 0.2) is 8.07 Å². The van der Waals surface area contributed by atoms with E-state index in [-0.39, 0.29) is 0 Å². The molecule has 0 N–H and O–H groups in total. The maximum atomic E-state index is 2.43. The Balaban J connectivity index is 1.67. The van der Waals surface area contributed by atoms with Crippen molar-refractivity contribution in [3.05, 3.63) is 139 Å². The summed E-state index contributed by atoms with van der Waals surface area (Å²) >= 11 is 1.94. The van der Waals surface area contributed by atoms with Gasteiger partial charge in [0.2, 0.25) is 0 Å². The Labute approximate surface area is 206 Å². The monoisotopic (exact) mass is 470 g/mol. The standard InChI is InChI=1S/C32H26SSi/c1-24-12-10-18-28(22-24)34(26-14-4-2-5-15-26,27-16-6-3-7-17-27)23-25-13-11-20-30-29-19-8-9-21-31(29)33-32(25)30/h2-22H,23H2,1H3. The molecule has 0 fully saturated rings. The van der Waals surface area contributed by atoms with Gasteiger partial charge < -0.3 is 0 Å². The third-order valence-corrected chi connectivity index (χ3v) is 13.1. The molecule has 0 saturated heterocycles. The van der Waals surface area contributed by atoms with Gasteiger partial charge in [-0.1, -0.05) is 127 Å². The summed E-state index contributed by atoms with van der Waals surface area (Å²) in [5.74, 6) is 0. The highest BCUT2D eigenvalue weighted by Gasteiger charge is 2.40. The van der Waals surface area contributed by atoms with E-state index in [0.29, 0.717) is 0 Å². The molecule has 0 amide bonds. The summed E-state index contributed by atoms with van der Waals surface area (Å²) in [5.41, 5.74) is 2.78. The lowest BCUT2D eigenvalue weighted by molar-refractivity contribution is 1.39. The van der Waals surface area contributed by atoms with Crippen molar-refractivity contribution in [3.8, 4) is 0 Å². The summed E-state index contributed by atoms with van der Waals surface area (Å²) in [4.78, 5) is 0. The molecule has 6 rings (SSSR count). The van der Waals surface area contributed by atoms with Crippen molar-refractivity contribution in [2.24, 2.45) is 0 Å². The van der Waals surface area contributed by atoms with E-state index >= 15 is 0 Å². The molecular weight excluding hydrogens is 445 g/mol. The first kappa shape index (κ1) is 21.1. The highest BCUT2D eigenvalue weighted by molar-refractivity contribution is 7.26. The molecule has 1 heterocycles. The highest BCUT2D eigenvalue weighted by Crippen LogP contribution is 2.36. The molecule has 0 unspecified atom stereocenters. The van der Waals surface area contributed by atoms with Gasteiger partial charge in [-0.2, -0.15) is 0 Å². The van der Waals surface area contributed by atoms with Crippen molar-refractivity contribution in [1.29, 1.82) is 0 Å². The third kappa shape index (κ3) is 3.51. The van der Waals surface area contributed by atoms with Crippen molar-refractivity contribution < 1.29 is 0 Å². The van der Waals surface area contributed by atoms with E-state index in [2.05, 4.69) is 134 Å². The maximum absolute atomic E-state index is 2.43. The van der Waals surface area contributed by atoms with Crippen LogP contribution in [0.2, 0.25) is 0 Å². The molecule has 0 aliphatic rings. The lowest BCUT2D eigenvalue weighted by atomic mass is 10.1. The zero-order valence-corrected chi connectivity index (χ0v) is 21.1. The summed E-state index contributed by atoms with van der Waals surface area (Å²) in [6.07, 6.45) is 0. The Kier molecular flexibility index (Phi) is 5.41. The minimum atomic E-state index is -2.36. The molecule has 6 aromatic rings. The molecular formula is C32H26SSi. The fourth-order valence-corrected chi connectivity index (χ4v) is 11.6. The maximum Gasteiger partial charge on any atom is 0.152 e. The van der Waals surface area contributed by atoms with Crippen molar-refractivity contribution in [2.45, 2.75) is 13.0 Å². The van der Waals surface area contributed by atoms with Crippen LogP contribution in [0, 0.1) is 6.92 Å². The minimum Gasteiger partial charge on any atom is -0.135 e. The average Bonchev–Trinajstić information content (AvgIpc) is 3.28. The van der Waals surface area contributed by atoms with Gasteiger partial charge >= 0.3 is 0 Å². The molecule has 0 saturated carbocycles. The first-order valence-electron chi connectivity index (χ1n) is 11.8. The number of thiophene rings is 1. The van der Waals surface area contributed by atoms with Crippen LogP contribution < -0.4 is 15.6 Å². The van der Waals surface area contributed by atoms with Gasteiger partial charge in [0, 0.05) is 20.2 Å². The second-order valence-electron chi connectivity index (χ2n) is 9.08. The molecule has 2 heteroatoms. The van der Waals surface area contributed by atoms with Gasteiger partial charge in [-0.05, 0) is 40.2 Å². The zero-order chi connectivity index (χ0) is 23.0. The predicted molar refractivity (Wildman–Crippen MR) is 152 cm³/mol. The fourth-order valence-electron chi connectivity index (χ4n) is 5.39. The van der Waals surface area contributed by atoms with Crippen LogP contribution in [0.4, 0.5) is 0 Å². The van der Waals surface area contributed by atoms with Crippen LogP contribution in [0.15, 0.2) is 127 Å². The Morgan fingerprint density at radius 2 is 1.15 bits per heavy atom. The van der Waals surface area contributed by atoms with E-state index in [0.717, 1.165) is 6.04 Å². The minimum absolute atomic E-state index is 1.04. The molecule has 164 valence electrons. The van der Waals surface area contributed by atoms with E-state index in [4.69, 9.17) is 0 Å². The summed E-state index contributed by atoms with van der Waals surface area (Å²) in [7, 11) is -2.36. The molecule has 0 nitrogen and oxygen atoms in total. The SMILES string of the molecule is Cc1cccc([Si](Cc2cccc3c2sc2ccccc23)(c2ccccc2)c2ccccc2)c1. The number of hydrogen-bond acceptors (Lipinski definition) is 1. The summed E-state index contributed by atoms with van der Waals surface area (Å²) in [5, 5.41) is 7.15. The Morgan fingerprint density at radius 1 is 0.559 bits per heavy atom. The first-order chi connectivity index (χ1) is 16.8. The van der Waals surface area contributed by atoms with Gasteiger partial charge in [-0.15, -0.1) is 11.3 Å². The Morgan fingerprint density at radius 3 is 1.85 bits per heavy atom. The Bertz CT molecular complexity index is 1540. The molecule has 0 atom stereocenters. The summed E-state index contributed by atoms with van der Waals surface area (Å²) in [6, 6.07) is 48.5. The number of benzene rings is 5. The second kappa shape index (κ2) is 8.71. The lowest BCUT2D eigenvalue weighted by Gasteiger charge is -2.34.